The van der Waals surface area contributed by atoms with Crippen LogP contribution >= 0.6 is 15.9 Å². The molecule has 0 radical (unpaired) electrons. The number of anilines is 2. The van der Waals surface area contributed by atoms with Crippen LogP contribution in [0.4, 0.5) is 11.6 Å². The molecule has 8 heteroatoms. The van der Waals surface area contributed by atoms with Crippen LogP contribution in [-0.4, -0.2) is 44.0 Å². The third-order valence-electron chi connectivity index (χ3n) is 3.02. The maximum atomic E-state index is 9.63. The van der Waals surface area contributed by atoms with Crippen molar-refractivity contribution in [3.63, 3.8) is 0 Å². The molecule has 19 heavy (non-hydrogen) atoms. The minimum absolute atomic E-state index is 0.323. The van der Waals surface area contributed by atoms with Gasteiger partial charge in [0.05, 0.1) is 6.10 Å². The van der Waals surface area contributed by atoms with Crippen molar-refractivity contribution in [2.45, 2.75) is 12.5 Å². The van der Waals surface area contributed by atoms with Crippen LogP contribution < -0.4 is 10.6 Å². The molecule has 1 aliphatic rings. The molecule has 0 spiro atoms. The number of halogens is 1. The Balaban J connectivity index is 2.03. The number of nitrogen functional groups attached to an aromatic ring is 1. The van der Waals surface area contributed by atoms with E-state index in [-0.39, 0.29) is 6.10 Å². The summed E-state index contributed by atoms with van der Waals surface area (Å²) >= 11 is 3.40. The van der Waals surface area contributed by atoms with E-state index in [2.05, 4.69) is 31.0 Å². The molecule has 1 atom stereocenters. The highest BCUT2D eigenvalue weighted by Gasteiger charge is 2.25. The highest BCUT2D eigenvalue weighted by atomic mass is 79.9. The molecule has 0 aliphatic carbocycles. The molecule has 0 aromatic carbocycles. The maximum absolute atomic E-state index is 9.63. The monoisotopic (exact) mass is 324 g/mol. The minimum atomic E-state index is -0.323. The topological polar surface area (TPSA) is 93.1 Å². The summed E-state index contributed by atoms with van der Waals surface area (Å²) in [6.45, 7) is 1.29. The van der Waals surface area contributed by atoms with Gasteiger partial charge in [-0.15, -0.1) is 0 Å². The lowest BCUT2D eigenvalue weighted by Gasteiger charge is -2.19. The van der Waals surface area contributed by atoms with Crippen LogP contribution in [0.1, 0.15) is 6.42 Å². The number of aliphatic hydroxyl groups is 1. The van der Waals surface area contributed by atoms with Crippen LogP contribution in [0, 0.1) is 0 Å². The molecule has 1 unspecified atom stereocenters. The predicted octanol–water partition coefficient (Wildman–Crippen LogP) is 0.578. The zero-order valence-corrected chi connectivity index (χ0v) is 11.7. The van der Waals surface area contributed by atoms with Gasteiger partial charge in [-0.1, -0.05) is 0 Å². The molecule has 2 aromatic heterocycles. The van der Waals surface area contributed by atoms with Gasteiger partial charge in [-0.25, -0.2) is 4.68 Å². The second-order valence-electron chi connectivity index (χ2n) is 4.39. The van der Waals surface area contributed by atoms with Crippen molar-refractivity contribution in [3.05, 3.63) is 22.9 Å². The molecule has 100 valence electrons. The number of aliphatic hydroxyl groups excluding tert-OH is 1. The first-order valence-corrected chi connectivity index (χ1v) is 6.70. The largest absolute Gasteiger partial charge is 0.391 e. The Kier molecular flexibility index (Phi) is 3.11. The zero-order chi connectivity index (χ0) is 13.4. The predicted molar refractivity (Wildman–Crippen MR) is 74.1 cm³/mol. The van der Waals surface area contributed by atoms with Crippen LogP contribution in [0.5, 0.6) is 0 Å². The lowest BCUT2D eigenvalue weighted by molar-refractivity contribution is 0.198. The fourth-order valence-electron chi connectivity index (χ4n) is 2.07. The molecular formula is C11H13BrN6O. The first-order chi connectivity index (χ1) is 9.15. The minimum Gasteiger partial charge on any atom is -0.391 e. The second kappa shape index (κ2) is 4.78. The van der Waals surface area contributed by atoms with Gasteiger partial charge in [-0.2, -0.15) is 15.1 Å². The van der Waals surface area contributed by atoms with E-state index < -0.39 is 0 Å². The van der Waals surface area contributed by atoms with Crippen molar-refractivity contribution in [2.24, 2.45) is 0 Å². The smallest absolute Gasteiger partial charge is 0.254 e. The Labute approximate surface area is 118 Å². The van der Waals surface area contributed by atoms with Crippen LogP contribution in [0.2, 0.25) is 0 Å². The first-order valence-electron chi connectivity index (χ1n) is 5.91. The fourth-order valence-corrected chi connectivity index (χ4v) is 2.50. The van der Waals surface area contributed by atoms with Gasteiger partial charge in [0.25, 0.3) is 5.95 Å². The molecule has 0 saturated carbocycles. The van der Waals surface area contributed by atoms with Gasteiger partial charge >= 0.3 is 0 Å². The molecule has 2 aromatic rings. The molecular weight excluding hydrogens is 312 g/mol. The molecule has 0 amide bonds. The number of rotatable bonds is 2. The van der Waals surface area contributed by atoms with E-state index in [1.54, 1.807) is 23.1 Å². The molecule has 1 fully saturated rings. The molecule has 7 nitrogen and oxygen atoms in total. The molecule has 0 bridgehead atoms. The van der Waals surface area contributed by atoms with Gasteiger partial charge in [0.15, 0.2) is 5.82 Å². The fraction of sp³-hybridized carbons (Fsp3) is 0.364. The molecule has 1 saturated heterocycles. The Morgan fingerprint density at radius 2 is 2.26 bits per heavy atom. The Bertz CT molecular complexity index is 587. The van der Waals surface area contributed by atoms with Gasteiger partial charge in [0.1, 0.15) is 10.3 Å². The molecule has 3 N–H and O–H groups in total. The number of hydrogen-bond acceptors (Lipinski definition) is 6. The van der Waals surface area contributed by atoms with E-state index in [0.29, 0.717) is 28.6 Å². The standard InChI is InChI=1S/C11H13BrN6O/c12-8-9(13)15-11(18-4-1-3-14-18)16-10(8)17-5-2-7(19)6-17/h1,3-4,7,19H,2,5-6H2,(H2,13,15,16). The van der Waals surface area contributed by atoms with Gasteiger partial charge in [-0.05, 0) is 28.4 Å². The highest BCUT2D eigenvalue weighted by molar-refractivity contribution is 9.10. The van der Waals surface area contributed by atoms with E-state index in [0.717, 1.165) is 13.0 Å². The van der Waals surface area contributed by atoms with Crippen LogP contribution in [0.3, 0.4) is 0 Å². The van der Waals surface area contributed by atoms with Crippen LogP contribution in [0.25, 0.3) is 5.95 Å². The van der Waals surface area contributed by atoms with E-state index in [1.807, 2.05) is 4.90 Å². The van der Waals surface area contributed by atoms with Crippen molar-refractivity contribution in [1.29, 1.82) is 0 Å². The van der Waals surface area contributed by atoms with Crippen molar-refractivity contribution < 1.29 is 5.11 Å². The maximum Gasteiger partial charge on any atom is 0.254 e. The number of hydrogen-bond donors (Lipinski definition) is 2. The summed E-state index contributed by atoms with van der Waals surface area (Å²) < 4.78 is 2.20. The number of nitrogens with zero attached hydrogens (tertiary/aromatic N) is 5. The highest BCUT2D eigenvalue weighted by Crippen LogP contribution is 2.31. The zero-order valence-electron chi connectivity index (χ0n) is 10.1. The van der Waals surface area contributed by atoms with Gasteiger partial charge in [-0.3, -0.25) is 0 Å². The van der Waals surface area contributed by atoms with E-state index in [1.165, 1.54) is 0 Å². The lowest BCUT2D eigenvalue weighted by atomic mass is 10.3. The normalized spacial score (nSPS) is 19.1. The van der Waals surface area contributed by atoms with Crippen LogP contribution in [0.15, 0.2) is 22.9 Å². The molecule has 3 heterocycles. The van der Waals surface area contributed by atoms with E-state index in [4.69, 9.17) is 5.73 Å². The lowest BCUT2D eigenvalue weighted by Crippen LogP contribution is -2.24. The van der Waals surface area contributed by atoms with E-state index in [9.17, 15) is 5.11 Å². The average Bonchev–Trinajstić information content (AvgIpc) is 3.03. The summed E-state index contributed by atoms with van der Waals surface area (Å²) in [4.78, 5) is 10.7. The van der Waals surface area contributed by atoms with Crippen molar-refractivity contribution in [3.8, 4) is 5.95 Å². The van der Waals surface area contributed by atoms with Gasteiger partial charge in [0, 0.05) is 25.5 Å². The Morgan fingerprint density at radius 1 is 1.42 bits per heavy atom. The number of nitrogens with two attached hydrogens (primary N) is 1. The first kappa shape index (κ1) is 12.4. The van der Waals surface area contributed by atoms with E-state index >= 15 is 0 Å². The molecule has 3 rings (SSSR count). The Hall–Kier alpha value is -1.67. The number of aromatic nitrogens is 4. The SMILES string of the molecule is Nc1nc(-n2cccn2)nc(N2CCC(O)C2)c1Br. The van der Waals surface area contributed by atoms with Crippen molar-refractivity contribution in [1.82, 2.24) is 19.7 Å². The second-order valence-corrected chi connectivity index (χ2v) is 5.18. The third-order valence-corrected chi connectivity index (χ3v) is 3.78. The quantitative estimate of drug-likeness (QED) is 0.839. The van der Waals surface area contributed by atoms with Crippen LogP contribution in [-0.2, 0) is 0 Å². The third kappa shape index (κ3) is 2.28. The summed E-state index contributed by atoms with van der Waals surface area (Å²) in [5, 5.41) is 13.7. The van der Waals surface area contributed by atoms with Gasteiger partial charge < -0.3 is 15.7 Å². The summed E-state index contributed by atoms with van der Waals surface area (Å²) in [6.07, 6.45) is 3.82. The summed E-state index contributed by atoms with van der Waals surface area (Å²) in [6, 6.07) is 1.79. The average molecular weight is 325 g/mol. The van der Waals surface area contributed by atoms with Gasteiger partial charge in [0.2, 0.25) is 0 Å². The van der Waals surface area contributed by atoms with Crippen molar-refractivity contribution in [2.75, 3.05) is 23.7 Å². The summed E-state index contributed by atoms with van der Waals surface area (Å²) in [5.41, 5.74) is 5.90. The molecule has 1 aliphatic heterocycles. The number of β-amino-alcohol motifs (C(OH)–C–C–N with tert-alkyl or cyclic N) is 1. The summed E-state index contributed by atoms with van der Waals surface area (Å²) in [5.74, 6) is 1.47. The van der Waals surface area contributed by atoms with Crippen molar-refractivity contribution >= 4 is 27.6 Å². The summed E-state index contributed by atoms with van der Waals surface area (Å²) in [7, 11) is 0. The Morgan fingerprint density at radius 3 is 2.89 bits per heavy atom.